The van der Waals surface area contributed by atoms with Crippen molar-refractivity contribution in [2.24, 2.45) is 0 Å². The predicted octanol–water partition coefficient (Wildman–Crippen LogP) is 3.00. The van der Waals surface area contributed by atoms with Gasteiger partial charge in [0, 0.05) is 19.6 Å². The van der Waals surface area contributed by atoms with Crippen LogP contribution in [0.3, 0.4) is 0 Å². The lowest BCUT2D eigenvalue weighted by Crippen LogP contribution is -2.41. The fraction of sp³-hybridized carbons (Fsp3) is 0.429. The molecule has 2 aromatic rings. The first-order chi connectivity index (χ1) is 13.8. The van der Waals surface area contributed by atoms with E-state index in [1.807, 2.05) is 38.4 Å². The molecule has 1 saturated heterocycles. The van der Waals surface area contributed by atoms with Crippen LogP contribution in [0.2, 0.25) is 0 Å². The molecular formula is C21H27FN2O4S. The lowest BCUT2D eigenvalue weighted by atomic mass is 10.1. The lowest BCUT2D eigenvalue weighted by Gasteiger charge is -2.31. The Morgan fingerprint density at radius 2 is 1.59 bits per heavy atom. The second kappa shape index (κ2) is 9.56. The number of benzene rings is 2. The van der Waals surface area contributed by atoms with E-state index in [1.165, 1.54) is 16.4 Å². The molecule has 29 heavy (non-hydrogen) atoms. The number of piperidine rings is 1. The van der Waals surface area contributed by atoms with E-state index in [2.05, 4.69) is 4.90 Å². The highest BCUT2D eigenvalue weighted by Gasteiger charge is 2.30. The van der Waals surface area contributed by atoms with Crippen molar-refractivity contribution in [3.8, 4) is 11.5 Å². The van der Waals surface area contributed by atoms with E-state index in [1.54, 1.807) is 0 Å². The fourth-order valence-corrected chi connectivity index (χ4v) is 4.57. The summed E-state index contributed by atoms with van der Waals surface area (Å²) < 4.78 is 51.5. The molecule has 1 aliphatic heterocycles. The van der Waals surface area contributed by atoms with E-state index >= 15 is 0 Å². The van der Waals surface area contributed by atoms with Crippen molar-refractivity contribution < 1.29 is 22.3 Å². The molecule has 0 aromatic heterocycles. The Kier molecular flexibility index (Phi) is 7.10. The number of ether oxygens (including phenoxy) is 2. The fourth-order valence-electron chi connectivity index (χ4n) is 3.10. The third kappa shape index (κ3) is 5.91. The SMILES string of the molecule is CN(C)CCOc1ccc(OC2CCN(S(=O)(=O)c3ccc(F)cc3)CC2)cc1. The highest BCUT2D eigenvalue weighted by atomic mass is 32.2. The molecule has 0 N–H and O–H groups in total. The first kappa shape index (κ1) is 21.5. The van der Waals surface area contributed by atoms with Crippen molar-refractivity contribution in [2.75, 3.05) is 40.3 Å². The van der Waals surface area contributed by atoms with Gasteiger partial charge in [0.2, 0.25) is 10.0 Å². The summed E-state index contributed by atoms with van der Waals surface area (Å²) in [4.78, 5) is 2.17. The average molecular weight is 423 g/mol. The third-order valence-electron chi connectivity index (χ3n) is 4.79. The Balaban J connectivity index is 1.50. The highest BCUT2D eigenvalue weighted by Crippen LogP contribution is 2.25. The summed E-state index contributed by atoms with van der Waals surface area (Å²) in [5.74, 6) is 1.08. The molecule has 6 nitrogen and oxygen atoms in total. The highest BCUT2D eigenvalue weighted by molar-refractivity contribution is 7.89. The third-order valence-corrected chi connectivity index (χ3v) is 6.70. The molecule has 1 heterocycles. The van der Waals surface area contributed by atoms with Crippen LogP contribution in [0.5, 0.6) is 11.5 Å². The van der Waals surface area contributed by atoms with Gasteiger partial charge in [0.05, 0.1) is 4.90 Å². The number of halogens is 1. The molecule has 0 spiro atoms. The van der Waals surface area contributed by atoms with Gasteiger partial charge in [-0.3, -0.25) is 0 Å². The minimum absolute atomic E-state index is 0.0461. The van der Waals surface area contributed by atoms with Crippen LogP contribution >= 0.6 is 0 Å². The van der Waals surface area contributed by atoms with E-state index < -0.39 is 15.8 Å². The minimum Gasteiger partial charge on any atom is -0.492 e. The summed E-state index contributed by atoms with van der Waals surface area (Å²) in [7, 11) is 0.388. The maximum atomic E-state index is 13.1. The van der Waals surface area contributed by atoms with Crippen molar-refractivity contribution in [3.05, 3.63) is 54.3 Å². The first-order valence-electron chi connectivity index (χ1n) is 9.64. The Morgan fingerprint density at radius 3 is 2.17 bits per heavy atom. The summed E-state index contributed by atoms with van der Waals surface area (Å²) in [6.45, 7) is 2.21. The average Bonchev–Trinajstić information content (AvgIpc) is 2.70. The zero-order chi connectivity index (χ0) is 20.9. The molecule has 0 saturated carbocycles. The molecule has 0 radical (unpaired) electrons. The smallest absolute Gasteiger partial charge is 0.243 e. The zero-order valence-corrected chi connectivity index (χ0v) is 17.6. The quantitative estimate of drug-likeness (QED) is 0.655. The van der Waals surface area contributed by atoms with Crippen molar-refractivity contribution in [1.29, 1.82) is 0 Å². The summed E-state index contributed by atoms with van der Waals surface area (Å²) in [5.41, 5.74) is 0. The van der Waals surface area contributed by atoms with Gasteiger partial charge in [-0.25, -0.2) is 12.8 Å². The summed E-state index contributed by atoms with van der Waals surface area (Å²) in [6, 6.07) is 12.4. The number of rotatable bonds is 8. The van der Waals surface area contributed by atoms with Crippen molar-refractivity contribution >= 4 is 10.0 Å². The molecule has 1 fully saturated rings. The molecule has 0 amide bonds. The zero-order valence-electron chi connectivity index (χ0n) is 16.8. The minimum atomic E-state index is -3.60. The Labute approximate surface area is 171 Å². The summed E-state index contributed by atoms with van der Waals surface area (Å²) >= 11 is 0. The van der Waals surface area contributed by atoms with Gasteiger partial charge in [-0.15, -0.1) is 0 Å². The van der Waals surface area contributed by atoms with Crippen LogP contribution in [0.4, 0.5) is 4.39 Å². The normalized spacial score (nSPS) is 16.1. The number of hydrogen-bond donors (Lipinski definition) is 0. The number of likely N-dealkylation sites (N-methyl/N-ethyl adjacent to an activating group) is 1. The monoisotopic (exact) mass is 422 g/mol. The van der Waals surface area contributed by atoms with Crippen LogP contribution < -0.4 is 9.47 Å². The van der Waals surface area contributed by atoms with E-state index in [9.17, 15) is 12.8 Å². The maximum Gasteiger partial charge on any atom is 0.243 e. The molecule has 8 heteroatoms. The second-order valence-corrected chi connectivity index (χ2v) is 9.24. The van der Waals surface area contributed by atoms with Crippen LogP contribution in [0.1, 0.15) is 12.8 Å². The van der Waals surface area contributed by atoms with Crippen molar-refractivity contribution in [3.63, 3.8) is 0 Å². The molecule has 3 rings (SSSR count). The first-order valence-corrected chi connectivity index (χ1v) is 11.1. The van der Waals surface area contributed by atoms with Gasteiger partial charge >= 0.3 is 0 Å². The molecule has 0 atom stereocenters. The van der Waals surface area contributed by atoms with Crippen LogP contribution in [0.15, 0.2) is 53.4 Å². The largest absolute Gasteiger partial charge is 0.492 e. The van der Waals surface area contributed by atoms with Gasteiger partial charge < -0.3 is 14.4 Å². The van der Waals surface area contributed by atoms with Crippen molar-refractivity contribution in [1.82, 2.24) is 9.21 Å². The van der Waals surface area contributed by atoms with Gasteiger partial charge in [0.1, 0.15) is 30.0 Å². The van der Waals surface area contributed by atoms with Gasteiger partial charge in [0.15, 0.2) is 0 Å². The van der Waals surface area contributed by atoms with E-state index in [0.717, 1.165) is 30.2 Å². The number of nitrogens with zero attached hydrogens (tertiary/aromatic N) is 2. The number of hydrogen-bond acceptors (Lipinski definition) is 5. The van der Waals surface area contributed by atoms with E-state index in [0.29, 0.717) is 32.5 Å². The van der Waals surface area contributed by atoms with Gasteiger partial charge in [-0.2, -0.15) is 4.31 Å². The molecule has 1 aliphatic rings. The summed E-state index contributed by atoms with van der Waals surface area (Å²) in [6.07, 6.45) is 1.15. The lowest BCUT2D eigenvalue weighted by molar-refractivity contribution is 0.135. The van der Waals surface area contributed by atoms with Crippen LogP contribution in [0, 0.1) is 5.82 Å². The predicted molar refractivity (Wildman–Crippen MR) is 109 cm³/mol. The molecule has 0 unspecified atom stereocenters. The Morgan fingerprint density at radius 1 is 1.00 bits per heavy atom. The van der Waals surface area contributed by atoms with Gasteiger partial charge in [-0.1, -0.05) is 0 Å². The van der Waals surface area contributed by atoms with Crippen LogP contribution in [-0.2, 0) is 10.0 Å². The topological polar surface area (TPSA) is 59.1 Å². The Hall–Kier alpha value is -2.16. The second-order valence-electron chi connectivity index (χ2n) is 7.30. The van der Waals surface area contributed by atoms with Gasteiger partial charge in [0.25, 0.3) is 0 Å². The standard InChI is InChI=1S/C21H27FN2O4S/c1-23(2)15-16-27-18-5-7-19(8-6-18)28-20-11-13-24(14-12-20)29(25,26)21-9-3-17(22)4-10-21/h3-10,20H,11-16H2,1-2H3. The molecule has 2 aromatic carbocycles. The van der Waals surface area contributed by atoms with Crippen molar-refractivity contribution in [2.45, 2.75) is 23.8 Å². The van der Waals surface area contributed by atoms with Crippen LogP contribution in [-0.4, -0.2) is 64.1 Å². The summed E-state index contributed by atoms with van der Waals surface area (Å²) in [5, 5.41) is 0. The molecule has 0 aliphatic carbocycles. The molecule has 158 valence electrons. The van der Waals surface area contributed by atoms with Crippen LogP contribution in [0.25, 0.3) is 0 Å². The van der Waals surface area contributed by atoms with E-state index in [-0.39, 0.29) is 11.0 Å². The molecule has 0 bridgehead atoms. The maximum absolute atomic E-state index is 13.1. The van der Waals surface area contributed by atoms with E-state index in [4.69, 9.17) is 9.47 Å². The number of sulfonamides is 1. The Bertz CT molecular complexity index is 878. The molecular weight excluding hydrogens is 395 g/mol. The van der Waals surface area contributed by atoms with Gasteiger partial charge in [-0.05, 0) is 75.5 Å².